The molecule has 1 N–H and O–H groups in total. The van der Waals surface area contributed by atoms with E-state index in [-0.39, 0.29) is 5.02 Å². The second-order valence-electron chi connectivity index (χ2n) is 5.45. The molecule has 0 aliphatic carbocycles. The Morgan fingerprint density at radius 2 is 1.65 bits per heavy atom. The van der Waals surface area contributed by atoms with Gasteiger partial charge in [-0.2, -0.15) is 0 Å². The van der Waals surface area contributed by atoms with Crippen molar-refractivity contribution in [2.24, 2.45) is 0 Å². The van der Waals surface area contributed by atoms with Crippen LogP contribution in [0.2, 0.25) is 5.02 Å². The number of rotatable bonds is 10. The van der Waals surface area contributed by atoms with Gasteiger partial charge in [0.05, 0.1) is 11.1 Å². The van der Waals surface area contributed by atoms with Gasteiger partial charge in [-0.3, -0.25) is 0 Å². The number of unbranched alkanes of at least 4 members (excludes halogenated alkanes) is 7. The van der Waals surface area contributed by atoms with Gasteiger partial charge >= 0.3 is 0 Å². The van der Waals surface area contributed by atoms with Gasteiger partial charge in [-0.25, -0.2) is 4.39 Å². The van der Waals surface area contributed by atoms with E-state index < -0.39 is 11.9 Å². The van der Waals surface area contributed by atoms with Crippen LogP contribution in [0.15, 0.2) is 18.2 Å². The third-order valence-electron chi connectivity index (χ3n) is 3.66. The molecule has 0 heterocycles. The molecule has 0 radical (unpaired) electrons. The summed E-state index contributed by atoms with van der Waals surface area (Å²) in [7, 11) is 0. The normalized spacial score (nSPS) is 12.6. The van der Waals surface area contributed by atoms with Gasteiger partial charge in [0.25, 0.3) is 0 Å². The average Bonchev–Trinajstić information content (AvgIpc) is 2.44. The van der Waals surface area contributed by atoms with Gasteiger partial charge in [-0.15, -0.1) is 0 Å². The van der Waals surface area contributed by atoms with Gasteiger partial charge in [-0.05, 0) is 24.1 Å². The Labute approximate surface area is 127 Å². The number of halogens is 2. The maximum atomic E-state index is 13.3. The SMILES string of the molecule is CCCCCCCCCCC(O)c1ccc(Cl)c(F)c1. The molecule has 1 aromatic rings. The maximum absolute atomic E-state index is 13.3. The Kier molecular flexibility index (Phi) is 8.88. The first-order valence-corrected chi connectivity index (χ1v) is 8.16. The highest BCUT2D eigenvalue weighted by Crippen LogP contribution is 2.24. The summed E-state index contributed by atoms with van der Waals surface area (Å²) in [5, 5.41) is 10.1. The van der Waals surface area contributed by atoms with Crippen molar-refractivity contribution in [3.63, 3.8) is 0 Å². The summed E-state index contributed by atoms with van der Waals surface area (Å²) in [4.78, 5) is 0. The molecule has 0 aliphatic rings. The first kappa shape index (κ1) is 17.5. The van der Waals surface area contributed by atoms with E-state index in [1.807, 2.05) is 0 Å². The summed E-state index contributed by atoms with van der Waals surface area (Å²) >= 11 is 5.63. The molecule has 1 aromatic carbocycles. The molecule has 0 spiro atoms. The van der Waals surface area contributed by atoms with Gasteiger partial charge < -0.3 is 5.11 Å². The van der Waals surface area contributed by atoms with Crippen LogP contribution in [0.5, 0.6) is 0 Å². The lowest BCUT2D eigenvalue weighted by molar-refractivity contribution is 0.163. The third-order valence-corrected chi connectivity index (χ3v) is 3.97. The topological polar surface area (TPSA) is 20.2 Å². The average molecular weight is 301 g/mol. The van der Waals surface area contributed by atoms with Crippen molar-refractivity contribution in [2.75, 3.05) is 0 Å². The van der Waals surface area contributed by atoms with Crippen LogP contribution in [0.25, 0.3) is 0 Å². The monoisotopic (exact) mass is 300 g/mol. The third kappa shape index (κ3) is 6.71. The fourth-order valence-electron chi connectivity index (χ4n) is 2.36. The molecule has 0 fully saturated rings. The molecule has 20 heavy (non-hydrogen) atoms. The molecule has 1 nitrogen and oxygen atoms in total. The van der Waals surface area contributed by atoms with Gasteiger partial charge in [-0.1, -0.05) is 76.0 Å². The second kappa shape index (κ2) is 10.2. The van der Waals surface area contributed by atoms with E-state index in [0.29, 0.717) is 12.0 Å². The summed E-state index contributed by atoms with van der Waals surface area (Å²) in [5.74, 6) is -0.459. The molecule has 3 heteroatoms. The molecular formula is C17H26ClFO. The van der Waals surface area contributed by atoms with Crippen LogP contribution in [0, 0.1) is 5.82 Å². The first-order chi connectivity index (χ1) is 9.65. The first-order valence-electron chi connectivity index (χ1n) is 7.78. The number of aliphatic hydroxyl groups excluding tert-OH is 1. The molecule has 114 valence electrons. The maximum Gasteiger partial charge on any atom is 0.142 e. The van der Waals surface area contributed by atoms with Crippen LogP contribution >= 0.6 is 11.6 Å². The fourth-order valence-corrected chi connectivity index (χ4v) is 2.48. The lowest BCUT2D eigenvalue weighted by atomic mass is 10.0. The molecule has 0 saturated carbocycles. The highest BCUT2D eigenvalue weighted by atomic mass is 35.5. The molecule has 0 bridgehead atoms. The zero-order valence-electron chi connectivity index (χ0n) is 12.4. The molecule has 0 saturated heterocycles. The molecular weight excluding hydrogens is 275 g/mol. The van der Waals surface area contributed by atoms with E-state index in [1.165, 1.54) is 50.7 Å². The minimum Gasteiger partial charge on any atom is -0.388 e. The summed E-state index contributed by atoms with van der Waals surface area (Å²) in [6.45, 7) is 2.22. The van der Waals surface area contributed by atoms with E-state index in [2.05, 4.69) is 6.92 Å². The van der Waals surface area contributed by atoms with E-state index >= 15 is 0 Å². The number of hydrogen-bond donors (Lipinski definition) is 1. The van der Waals surface area contributed by atoms with Crippen LogP contribution < -0.4 is 0 Å². The molecule has 1 atom stereocenters. The lowest BCUT2D eigenvalue weighted by Crippen LogP contribution is -1.98. The summed E-state index contributed by atoms with van der Waals surface area (Å²) in [5.41, 5.74) is 0.620. The van der Waals surface area contributed by atoms with Crippen molar-refractivity contribution < 1.29 is 9.50 Å². The zero-order valence-corrected chi connectivity index (χ0v) is 13.1. The Morgan fingerprint density at radius 1 is 1.05 bits per heavy atom. The highest BCUT2D eigenvalue weighted by molar-refractivity contribution is 6.30. The Bertz CT molecular complexity index is 381. The smallest absolute Gasteiger partial charge is 0.142 e. The van der Waals surface area contributed by atoms with E-state index in [1.54, 1.807) is 6.07 Å². The van der Waals surface area contributed by atoms with Crippen molar-refractivity contribution in [2.45, 2.75) is 70.8 Å². The molecule has 1 rings (SSSR count). The molecule has 1 unspecified atom stereocenters. The van der Waals surface area contributed by atoms with Crippen LogP contribution in [-0.4, -0.2) is 5.11 Å². The van der Waals surface area contributed by atoms with Gasteiger partial charge in [0, 0.05) is 0 Å². The predicted molar refractivity (Wildman–Crippen MR) is 83.6 cm³/mol. The van der Waals surface area contributed by atoms with Crippen molar-refractivity contribution in [1.82, 2.24) is 0 Å². The van der Waals surface area contributed by atoms with E-state index in [0.717, 1.165) is 12.8 Å². The standard InChI is InChI=1S/C17H26ClFO/c1-2-3-4-5-6-7-8-9-10-17(20)14-11-12-15(18)16(19)13-14/h11-13,17,20H,2-10H2,1H3. The Morgan fingerprint density at radius 3 is 2.25 bits per heavy atom. The van der Waals surface area contributed by atoms with E-state index in [4.69, 9.17) is 11.6 Å². The number of hydrogen-bond acceptors (Lipinski definition) is 1. The van der Waals surface area contributed by atoms with Crippen molar-refractivity contribution >= 4 is 11.6 Å². The Hall–Kier alpha value is -0.600. The van der Waals surface area contributed by atoms with Crippen LogP contribution in [0.1, 0.15) is 76.4 Å². The number of aliphatic hydroxyl groups is 1. The lowest BCUT2D eigenvalue weighted by Gasteiger charge is -2.11. The molecule has 0 aromatic heterocycles. The van der Waals surface area contributed by atoms with Crippen LogP contribution in [0.4, 0.5) is 4.39 Å². The predicted octanol–water partition coefficient (Wildman–Crippen LogP) is 6.04. The summed E-state index contributed by atoms with van der Waals surface area (Å²) < 4.78 is 13.3. The van der Waals surface area contributed by atoms with Crippen molar-refractivity contribution in [1.29, 1.82) is 0 Å². The minimum atomic E-state index is -0.582. The van der Waals surface area contributed by atoms with Gasteiger partial charge in [0.2, 0.25) is 0 Å². The summed E-state index contributed by atoms with van der Waals surface area (Å²) in [6.07, 6.45) is 10.0. The van der Waals surface area contributed by atoms with Crippen molar-refractivity contribution in [3.8, 4) is 0 Å². The fraction of sp³-hybridized carbons (Fsp3) is 0.647. The highest BCUT2D eigenvalue weighted by Gasteiger charge is 2.09. The van der Waals surface area contributed by atoms with E-state index in [9.17, 15) is 9.50 Å². The van der Waals surface area contributed by atoms with Crippen LogP contribution in [-0.2, 0) is 0 Å². The quantitative estimate of drug-likeness (QED) is 0.522. The van der Waals surface area contributed by atoms with Crippen molar-refractivity contribution in [3.05, 3.63) is 34.6 Å². The zero-order chi connectivity index (χ0) is 14.8. The summed E-state index contributed by atoms with van der Waals surface area (Å²) in [6, 6.07) is 4.53. The second-order valence-corrected chi connectivity index (χ2v) is 5.86. The minimum absolute atomic E-state index is 0.105. The van der Waals surface area contributed by atoms with Gasteiger partial charge in [0.15, 0.2) is 0 Å². The van der Waals surface area contributed by atoms with Gasteiger partial charge in [0.1, 0.15) is 5.82 Å². The van der Waals surface area contributed by atoms with Crippen LogP contribution in [0.3, 0.4) is 0 Å². The molecule has 0 aliphatic heterocycles. The molecule has 0 amide bonds. The largest absolute Gasteiger partial charge is 0.388 e. The Balaban J connectivity index is 2.13. The number of benzene rings is 1.